The van der Waals surface area contributed by atoms with Gasteiger partial charge in [-0.25, -0.2) is 17.9 Å². The first-order valence-electron chi connectivity index (χ1n) is 5.21. The summed E-state index contributed by atoms with van der Waals surface area (Å²) in [5, 5.41) is 7.87. The molecule has 5 N–H and O–H groups in total. The Balaban J connectivity index is 2.15. The predicted molar refractivity (Wildman–Crippen MR) is 62.4 cm³/mol. The van der Waals surface area contributed by atoms with Crippen LogP contribution in [-0.2, 0) is 10.0 Å². The molecule has 1 aliphatic carbocycles. The van der Waals surface area contributed by atoms with E-state index in [0.29, 0.717) is 0 Å². The second-order valence-corrected chi connectivity index (χ2v) is 5.82. The van der Waals surface area contributed by atoms with Gasteiger partial charge in [-0.15, -0.1) is 0 Å². The molecule has 5 nitrogen and oxygen atoms in total. The lowest BCUT2D eigenvalue weighted by atomic mass is 9.87. The molecule has 1 aromatic rings. The third-order valence-electron chi connectivity index (χ3n) is 2.80. The molecule has 1 aliphatic rings. The van der Waals surface area contributed by atoms with Gasteiger partial charge in [-0.3, -0.25) is 0 Å². The highest BCUT2D eigenvalue weighted by Gasteiger charge is 2.26. The van der Waals surface area contributed by atoms with Crippen LogP contribution in [0.3, 0.4) is 0 Å². The first kappa shape index (κ1) is 12.3. The summed E-state index contributed by atoms with van der Waals surface area (Å²) in [4.78, 5) is -0.231. The Morgan fingerprint density at radius 3 is 2.47 bits per heavy atom. The molecule has 94 valence electrons. The highest BCUT2D eigenvalue weighted by Crippen LogP contribution is 2.25. The van der Waals surface area contributed by atoms with Gasteiger partial charge in [0.15, 0.2) is 0 Å². The Labute approximate surface area is 99.0 Å². The van der Waals surface area contributed by atoms with Crippen molar-refractivity contribution in [2.24, 2.45) is 10.9 Å². The summed E-state index contributed by atoms with van der Waals surface area (Å²) in [6.45, 7) is 0. The molecule has 0 aromatic heterocycles. The zero-order valence-corrected chi connectivity index (χ0v) is 9.87. The molecule has 0 unspecified atom stereocenters. The minimum Gasteiger partial charge on any atom is -0.380 e. The van der Waals surface area contributed by atoms with Gasteiger partial charge in [0.05, 0.1) is 10.6 Å². The summed E-state index contributed by atoms with van der Waals surface area (Å²) in [7, 11) is -3.86. The molecule has 7 heteroatoms. The van der Waals surface area contributed by atoms with E-state index in [4.69, 9.17) is 10.9 Å². The maximum atomic E-state index is 13.6. The van der Waals surface area contributed by atoms with E-state index in [0.717, 1.165) is 18.9 Å². The summed E-state index contributed by atoms with van der Waals surface area (Å²) < 4.78 is 35.6. The second-order valence-electron chi connectivity index (χ2n) is 4.26. The highest BCUT2D eigenvalue weighted by atomic mass is 32.2. The van der Waals surface area contributed by atoms with Crippen LogP contribution in [0.15, 0.2) is 23.1 Å². The number of rotatable bonds is 3. The fourth-order valence-electron chi connectivity index (χ4n) is 1.79. The van der Waals surface area contributed by atoms with Crippen LogP contribution in [-0.4, -0.2) is 20.5 Å². The summed E-state index contributed by atoms with van der Waals surface area (Å²) in [5.41, 5.74) is 5.88. The van der Waals surface area contributed by atoms with Crippen LogP contribution in [0.4, 0.5) is 10.1 Å². The first-order valence-corrected chi connectivity index (χ1v) is 6.75. The smallest absolute Gasteiger partial charge is 0.238 e. The summed E-state index contributed by atoms with van der Waals surface area (Å²) >= 11 is 0. The largest absolute Gasteiger partial charge is 0.380 e. The van der Waals surface area contributed by atoms with E-state index in [1.54, 1.807) is 0 Å². The lowest BCUT2D eigenvalue weighted by Gasteiger charge is -2.33. The van der Waals surface area contributed by atoms with Gasteiger partial charge in [-0.2, -0.15) is 0 Å². The van der Waals surface area contributed by atoms with Crippen LogP contribution < -0.4 is 16.2 Å². The van der Waals surface area contributed by atoms with Gasteiger partial charge >= 0.3 is 0 Å². The van der Waals surface area contributed by atoms with E-state index in [9.17, 15) is 12.8 Å². The summed E-state index contributed by atoms with van der Waals surface area (Å²) in [6.07, 6.45) is 1.58. The molecular weight excluding hydrogens is 245 g/mol. The number of primary sulfonamides is 1. The van der Waals surface area contributed by atoms with Crippen molar-refractivity contribution in [1.29, 1.82) is 0 Å². The van der Waals surface area contributed by atoms with E-state index >= 15 is 0 Å². The molecule has 1 fully saturated rings. The molecule has 0 bridgehead atoms. The van der Waals surface area contributed by atoms with Crippen LogP contribution in [0.2, 0.25) is 0 Å². The number of halogens is 1. The zero-order valence-electron chi connectivity index (χ0n) is 9.06. The molecule has 0 saturated heterocycles. The third kappa shape index (κ3) is 2.74. The molecule has 0 amide bonds. The van der Waals surface area contributed by atoms with Crippen molar-refractivity contribution in [3.63, 3.8) is 0 Å². The van der Waals surface area contributed by atoms with E-state index in [1.807, 2.05) is 0 Å². The molecular formula is C10H14FN3O2S. The van der Waals surface area contributed by atoms with Gasteiger partial charge in [0.2, 0.25) is 10.0 Å². The van der Waals surface area contributed by atoms with Gasteiger partial charge in [-0.1, -0.05) is 0 Å². The number of nitrogens with two attached hydrogens (primary N) is 2. The number of benzene rings is 1. The van der Waals surface area contributed by atoms with Crippen LogP contribution in [0.1, 0.15) is 12.8 Å². The number of hydrogen-bond donors (Lipinski definition) is 3. The fraction of sp³-hybridized carbons (Fsp3) is 0.400. The van der Waals surface area contributed by atoms with Crippen molar-refractivity contribution < 1.29 is 12.8 Å². The second kappa shape index (κ2) is 4.25. The average Bonchev–Trinajstić information content (AvgIpc) is 2.16. The first-order chi connectivity index (χ1) is 7.86. The van der Waals surface area contributed by atoms with Gasteiger partial charge in [0, 0.05) is 12.1 Å². The fourth-order valence-corrected chi connectivity index (χ4v) is 2.31. The van der Waals surface area contributed by atoms with E-state index in [1.165, 1.54) is 12.1 Å². The lowest BCUT2D eigenvalue weighted by molar-refractivity contribution is 0.372. The Kier molecular flexibility index (Phi) is 3.07. The average molecular weight is 259 g/mol. The van der Waals surface area contributed by atoms with Crippen molar-refractivity contribution in [1.82, 2.24) is 0 Å². The lowest BCUT2D eigenvalue weighted by Crippen LogP contribution is -2.44. The monoisotopic (exact) mass is 259 g/mol. The Morgan fingerprint density at radius 1 is 1.35 bits per heavy atom. The minimum absolute atomic E-state index is 0.153. The van der Waals surface area contributed by atoms with Gasteiger partial charge in [0.1, 0.15) is 5.82 Å². The SMILES string of the molecule is NC1CC(Nc2ccc(S(N)(=O)=O)cc2F)C1. The summed E-state index contributed by atoms with van der Waals surface area (Å²) in [6, 6.07) is 3.88. The molecule has 0 spiro atoms. The number of sulfonamides is 1. The van der Waals surface area contributed by atoms with Gasteiger partial charge in [0.25, 0.3) is 0 Å². The minimum atomic E-state index is -3.86. The van der Waals surface area contributed by atoms with E-state index in [2.05, 4.69) is 5.32 Å². The molecule has 0 heterocycles. The molecule has 0 atom stereocenters. The van der Waals surface area contributed by atoms with Crippen molar-refractivity contribution in [3.8, 4) is 0 Å². The maximum Gasteiger partial charge on any atom is 0.238 e. The maximum absolute atomic E-state index is 13.6. The standard InChI is InChI=1S/C10H14FN3O2S/c11-9-5-8(17(13,15)16)1-2-10(9)14-7-3-6(12)4-7/h1-2,5-7,14H,3-4,12H2,(H2,13,15,16). The van der Waals surface area contributed by atoms with E-state index in [-0.39, 0.29) is 22.7 Å². The van der Waals surface area contributed by atoms with E-state index < -0.39 is 15.8 Å². The molecule has 1 saturated carbocycles. The molecule has 1 aromatic carbocycles. The van der Waals surface area contributed by atoms with Crippen molar-refractivity contribution in [3.05, 3.63) is 24.0 Å². The molecule has 0 radical (unpaired) electrons. The summed E-state index contributed by atoms with van der Waals surface area (Å²) in [5.74, 6) is -0.628. The van der Waals surface area contributed by atoms with Crippen molar-refractivity contribution in [2.75, 3.05) is 5.32 Å². The predicted octanol–water partition coefficient (Wildman–Crippen LogP) is 0.375. The van der Waals surface area contributed by atoms with Crippen LogP contribution in [0, 0.1) is 5.82 Å². The Hall–Kier alpha value is -1.18. The van der Waals surface area contributed by atoms with Crippen LogP contribution >= 0.6 is 0 Å². The number of nitrogens with one attached hydrogen (secondary N) is 1. The highest BCUT2D eigenvalue weighted by molar-refractivity contribution is 7.89. The topological polar surface area (TPSA) is 98.2 Å². The normalized spacial score (nSPS) is 24.2. The number of hydrogen-bond acceptors (Lipinski definition) is 4. The quantitative estimate of drug-likeness (QED) is 0.730. The van der Waals surface area contributed by atoms with Gasteiger partial charge < -0.3 is 11.1 Å². The number of anilines is 1. The van der Waals surface area contributed by atoms with Crippen molar-refractivity contribution in [2.45, 2.75) is 29.8 Å². The molecule has 0 aliphatic heterocycles. The van der Waals surface area contributed by atoms with Crippen LogP contribution in [0.25, 0.3) is 0 Å². The Morgan fingerprint density at radius 2 is 2.00 bits per heavy atom. The van der Waals surface area contributed by atoms with Gasteiger partial charge in [-0.05, 0) is 31.0 Å². The van der Waals surface area contributed by atoms with Crippen molar-refractivity contribution >= 4 is 15.7 Å². The Bertz CT molecular complexity index is 526. The third-order valence-corrected chi connectivity index (χ3v) is 3.71. The van der Waals surface area contributed by atoms with Crippen LogP contribution in [0.5, 0.6) is 0 Å². The molecule has 2 rings (SSSR count). The zero-order chi connectivity index (χ0) is 12.6. The molecule has 17 heavy (non-hydrogen) atoms.